The molecule has 0 aromatic carbocycles. The summed E-state index contributed by atoms with van der Waals surface area (Å²) in [5, 5.41) is 0. The Bertz CT molecular complexity index is 618. The van der Waals surface area contributed by atoms with Gasteiger partial charge in [-0.05, 0) is 44.2 Å². The Labute approximate surface area is 150 Å². The minimum absolute atomic E-state index is 0.124. The fourth-order valence-electron chi connectivity index (χ4n) is 3.67. The topological polar surface area (TPSA) is 58.6 Å². The third-order valence-electron chi connectivity index (χ3n) is 5.37. The molecule has 3 rings (SSSR count). The molecular formula is C17H23F3N4O2. The van der Waals surface area contributed by atoms with Crippen LogP contribution in [0.25, 0.3) is 0 Å². The molecule has 2 aliphatic heterocycles. The number of carbonyl (C=O) groups excluding carboxylic acids is 1. The van der Waals surface area contributed by atoms with E-state index in [-0.39, 0.29) is 5.41 Å². The molecule has 1 unspecified atom stereocenters. The standard InChI is InChI=1S/C17H23F3N4O2/c1-13(17(18,19)20)26-15(25)24-8-4-16(5-9-24)3-7-23(11-16)10-14-2-6-21-12-22-14/h2,6,12-13H,3-5,7-11H2,1H3. The number of carbonyl (C=O) groups is 1. The van der Waals surface area contributed by atoms with Crippen LogP contribution in [0.4, 0.5) is 18.0 Å². The second-order valence-electron chi connectivity index (χ2n) is 7.22. The minimum atomic E-state index is -4.53. The highest BCUT2D eigenvalue weighted by atomic mass is 19.4. The monoisotopic (exact) mass is 372 g/mol. The summed E-state index contributed by atoms with van der Waals surface area (Å²) < 4.78 is 42.1. The van der Waals surface area contributed by atoms with E-state index in [1.807, 2.05) is 6.07 Å². The zero-order chi connectivity index (χ0) is 18.8. The van der Waals surface area contributed by atoms with Crippen LogP contribution in [0.5, 0.6) is 0 Å². The van der Waals surface area contributed by atoms with Crippen LogP contribution in [0, 0.1) is 5.41 Å². The summed E-state index contributed by atoms with van der Waals surface area (Å²) in [6.07, 6.45) is -1.64. The molecule has 26 heavy (non-hydrogen) atoms. The van der Waals surface area contributed by atoms with Gasteiger partial charge in [-0.2, -0.15) is 13.2 Å². The minimum Gasteiger partial charge on any atom is -0.437 e. The van der Waals surface area contributed by atoms with Crippen LogP contribution >= 0.6 is 0 Å². The van der Waals surface area contributed by atoms with E-state index < -0.39 is 18.4 Å². The number of rotatable bonds is 3. The SMILES string of the molecule is CC(OC(=O)N1CCC2(CCN(Cc3ccncn3)C2)CC1)C(F)(F)F. The van der Waals surface area contributed by atoms with Gasteiger partial charge < -0.3 is 9.64 Å². The zero-order valence-electron chi connectivity index (χ0n) is 14.7. The van der Waals surface area contributed by atoms with Crippen LogP contribution in [0.15, 0.2) is 18.6 Å². The summed E-state index contributed by atoms with van der Waals surface area (Å²) in [4.78, 5) is 23.8. The second-order valence-corrected chi connectivity index (χ2v) is 7.22. The van der Waals surface area contributed by atoms with Crippen molar-refractivity contribution in [2.45, 2.75) is 45.0 Å². The maximum atomic E-state index is 12.5. The van der Waals surface area contributed by atoms with E-state index in [9.17, 15) is 18.0 Å². The molecule has 1 amide bonds. The molecule has 2 aliphatic rings. The van der Waals surface area contributed by atoms with Gasteiger partial charge in [0.2, 0.25) is 0 Å². The number of likely N-dealkylation sites (tertiary alicyclic amines) is 2. The van der Waals surface area contributed by atoms with E-state index in [1.54, 1.807) is 6.20 Å². The highest BCUT2D eigenvalue weighted by Crippen LogP contribution is 2.41. The lowest BCUT2D eigenvalue weighted by Crippen LogP contribution is -2.46. The molecule has 0 aliphatic carbocycles. The third-order valence-corrected chi connectivity index (χ3v) is 5.37. The molecule has 1 spiro atoms. The maximum Gasteiger partial charge on any atom is 0.425 e. The Morgan fingerprint density at radius 2 is 2.00 bits per heavy atom. The summed E-state index contributed by atoms with van der Waals surface area (Å²) in [7, 11) is 0. The van der Waals surface area contributed by atoms with Gasteiger partial charge in [0.15, 0.2) is 6.10 Å². The number of halogens is 3. The number of ether oxygens (including phenoxy) is 1. The molecule has 1 aromatic rings. The van der Waals surface area contributed by atoms with Gasteiger partial charge in [-0.3, -0.25) is 4.90 Å². The second kappa shape index (κ2) is 7.38. The number of piperidine rings is 1. The fourth-order valence-corrected chi connectivity index (χ4v) is 3.67. The summed E-state index contributed by atoms with van der Waals surface area (Å²) in [5.74, 6) is 0. The van der Waals surface area contributed by atoms with Crippen molar-refractivity contribution >= 4 is 6.09 Å². The molecular weight excluding hydrogens is 349 g/mol. The smallest absolute Gasteiger partial charge is 0.425 e. The zero-order valence-corrected chi connectivity index (χ0v) is 14.7. The first-order valence-electron chi connectivity index (χ1n) is 8.77. The van der Waals surface area contributed by atoms with Crippen molar-refractivity contribution in [2.24, 2.45) is 5.41 Å². The molecule has 144 valence electrons. The summed E-state index contributed by atoms with van der Waals surface area (Å²) in [5.41, 5.74) is 1.10. The molecule has 3 heterocycles. The van der Waals surface area contributed by atoms with Crippen LogP contribution in [0.3, 0.4) is 0 Å². The fraction of sp³-hybridized carbons (Fsp3) is 0.706. The van der Waals surface area contributed by atoms with Gasteiger partial charge in [0.1, 0.15) is 6.33 Å². The molecule has 2 fully saturated rings. The Balaban J connectivity index is 1.48. The lowest BCUT2D eigenvalue weighted by atomic mass is 9.78. The summed E-state index contributed by atoms with van der Waals surface area (Å²) >= 11 is 0. The Hall–Kier alpha value is -1.90. The van der Waals surface area contributed by atoms with E-state index in [4.69, 9.17) is 0 Å². The average Bonchev–Trinajstić information content (AvgIpc) is 2.97. The quantitative estimate of drug-likeness (QED) is 0.817. The van der Waals surface area contributed by atoms with Gasteiger partial charge in [-0.1, -0.05) is 0 Å². The lowest BCUT2D eigenvalue weighted by molar-refractivity contribution is -0.200. The molecule has 2 saturated heterocycles. The Kier molecular flexibility index (Phi) is 5.36. The number of alkyl halides is 3. The Morgan fingerprint density at radius 3 is 2.62 bits per heavy atom. The molecule has 0 N–H and O–H groups in total. The van der Waals surface area contributed by atoms with E-state index in [2.05, 4.69) is 19.6 Å². The number of hydrogen-bond donors (Lipinski definition) is 0. The van der Waals surface area contributed by atoms with E-state index in [0.29, 0.717) is 13.1 Å². The average molecular weight is 372 g/mol. The predicted octanol–water partition coefficient (Wildman–Crippen LogP) is 2.85. The van der Waals surface area contributed by atoms with Crippen LogP contribution in [-0.2, 0) is 11.3 Å². The molecule has 0 saturated carbocycles. The van der Waals surface area contributed by atoms with Crippen molar-refractivity contribution in [1.29, 1.82) is 0 Å². The summed E-state index contributed by atoms with van der Waals surface area (Å²) in [6, 6.07) is 1.89. The van der Waals surface area contributed by atoms with Crippen molar-refractivity contribution < 1.29 is 22.7 Å². The molecule has 0 radical (unpaired) electrons. The maximum absolute atomic E-state index is 12.5. The third kappa shape index (κ3) is 4.44. The van der Waals surface area contributed by atoms with Gasteiger partial charge >= 0.3 is 12.3 Å². The van der Waals surface area contributed by atoms with Gasteiger partial charge in [0.25, 0.3) is 0 Å². The molecule has 9 heteroatoms. The number of hydrogen-bond acceptors (Lipinski definition) is 5. The highest BCUT2D eigenvalue weighted by Gasteiger charge is 2.43. The van der Waals surface area contributed by atoms with Crippen molar-refractivity contribution in [3.05, 3.63) is 24.3 Å². The van der Waals surface area contributed by atoms with Crippen molar-refractivity contribution in [3.63, 3.8) is 0 Å². The number of nitrogens with zero attached hydrogens (tertiary/aromatic N) is 4. The van der Waals surface area contributed by atoms with Gasteiger partial charge in [0, 0.05) is 32.4 Å². The first-order valence-corrected chi connectivity index (χ1v) is 8.77. The van der Waals surface area contributed by atoms with Gasteiger partial charge in [-0.25, -0.2) is 14.8 Å². The highest BCUT2D eigenvalue weighted by molar-refractivity contribution is 5.68. The molecule has 6 nitrogen and oxygen atoms in total. The summed E-state index contributed by atoms with van der Waals surface area (Å²) in [6.45, 7) is 4.36. The molecule has 1 aromatic heterocycles. The first kappa shape index (κ1) is 18.9. The van der Waals surface area contributed by atoms with Gasteiger partial charge in [-0.15, -0.1) is 0 Å². The largest absolute Gasteiger partial charge is 0.437 e. The molecule has 0 bridgehead atoms. The van der Waals surface area contributed by atoms with Crippen LogP contribution in [0.1, 0.15) is 31.9 Å². The number of amides is 1. The van der Waals surface area contributed by atoms with Gasteiger partial charge in [0.05, 0.1) is 5.69 Å². The van der Waals surface area contributed by atoms with Crippen LogP contribution < -0.4 is 0 Å². The van der Waals surface area contributed by atoms with E-state index in [0.717, 1.165) is 51.5 Å². The van der Waals surface area contributed by atoms with E-state index in [1.165, 1.54) is 11.2 Å². The van der Waals surface area contributed by atoms with Crippen molar-refractivity contribution in [1.82, 2.24) is 19.8 Å². The molecule has 1 atom stereocenters. The van der Waals surface area contributed by atoms with Crippen molar-refractivity contribution in [2.75, 3.05) is 26.2 Å². The predicted molar refractivity (Wildman–Crippen MR) is 87.2 cm³/mol. The first-order chi connectivity index (χ1) is 12.3. The normalized spacial score (nSPS) is 21.8. The van der Waals surface area contributed by atoms with Crippen molar-refractivity contribution in [3.8, 4) is 0 Å². The van der Waals surface area contributed by atoms with Crippen LogP contribution in [0.2, 0.25) is 0 Å². The van der Waals surface area contributed by atoms with Crippen LogP contribution in [-0.4, -0.2) is 64.3 Å². The lowest BCUT2D eigenvalue weighted by Gasteiger charge is -2.39. The van der Waals surface area contributed by atoms with E-state index >= 15 is 0 Å². The Morgan fingerprint density at radius 1 is 1.31 bits per heavy atom. The number of aromatic nitrogens is 2.